The Balaban J connectivity index is 1.96. The van der Waals surface area contributed by atoms with Crippen LogP contribution in [-0.4, -0.2) is 24.4 Å². The fraction of sp³-hybridized carbons (Fsp3) is 0.143. The zero-order valence-corrected chi connectivity index (χ0v) is 18.4. The number of carbonyl (C=O) groups is 2. The van der Waals surface area contributed by atoms with Crippen molar-refractivity contribution in [2.45, 2.75) is 6.92 Å². The Kier molecular flexibility index (Phi) is 6.91. The topological polar surface area (TPSA) is 55.8 Å². The molecule has 1 aliphatic rings. The van der Waals surface area contributed by atoms with Crippen LogP contribution >= 0.6 is 39.3 Å². The zero-order valence-electron chi connectivity index (χ0n) is 15.3. The van der Waals surface area contributed by atoms with Gasteiger partial charge in [-0.25, -0.2) is 4.90 Å². The summed E-state index contributed by atoms with van der Waals surface area (Å²) in [5.74, 6) is 2.93. The van der Waals surface area contributed by atoms with E-state index < -0.39 is 11.1 Å². The van der Waals surface area contributed by atoms with Gasteiger partial charge in [-0.2, -0.15) is 0 Å². The molecule has 0 N–H and O–H groups in total. The largest absolute Gasteiger partial charge is 0.490 e. The highest BCUT2D eigenvalue weighted by Crippen LogP contribution is 2.41. The van der Waals surface area contributed by atoms with Crippen molar-refractivity contribution < 1.29 is 19.1 Å². The number of rotatable bonds is 6. The number of benzene rings is 2. The SMILES string of the molecule is C#CCOc1c(Br)cc(/C=C2\SC(=O)N(c3ccccc3Cl)C2=O)cc1OCC. The number of nitrogens with zero attached hydrogens (tertiary/aromatic N) is 1. The van der Waals surface area contributed by atoms with Gasteiger partial charge in [-0.05, 0) is 70.5 Å². The number of terminal acetylenes is 1. The lowest BCUT2D eigenvalue weighted by molar-refractivity contribution is -0.113. The minimum atomic E-state index is -0.435. The molecule has 1 aliphatic heterocycles. The van der Waals surface area contributed by atoms with Crippen molar-refractivity contribution in [2.24, 2.45) is 0 Å². The van der Waals surface area contributed by atoms with Crippen molar-refractivity contribution in [3.8, 4) is 23.8 Å². The molecule has 3 rings (SSSR count). The van der Waals surface area contributed by atoms with E-state index in [2.05, 4.69) is 21.9 Å². The third kappa shape index (κ3) is 4.61. The molecule has 0 atom stereocenters. The molecule has 2 amide bonds. The van der Waals surface area contributed by atoms with Crippen LogP contribution in [0.3, 0.4) is 0 Å². The van der Waals surface area contributed by atoms with Crippen molar-refractivity contribution in [3.05, 3.63) is 56.4 Å². The molecule has 2 aromatic carbocycles. The first-order chi connectivity index (χ1) is 14.0. The van der Waals surface area contributed by atoms with Crippen molar-refractivity contribution in [1.82, 2.24) is 0 Å². The predicted molar refractivity (Wildman–Crippen MR) is 120 cm³/mol. The summed E-state index contributed by atoms with van der Waals surface area (Å²) in [6, 6.07) is 10.2. The Morgan fingerprint density at radius 1 is 1.28 bits per heavy atom. The lowest BCUT2D eigenvalue weighted by Gasteiger charge is -2.14. The number of anilines is 1. The molecular weight excluding hydrogens is 478 g/mol. The average molecular weight is 493 g/mol. The summed E-state index contributed by atoms with van der Waals surface area (Å²) in [7, 11) is 0. The number of halogens is 2. The molecule has 1 saturated heterocycles. The summed E-state index contributed by atoms with van der Waals surface area (Å²) >= 11 is 10.4. The van der Waals surface area contributed by atoms with Crippen LogP contribution in [0.4, 0.5) is 10.5 Å². The molecule has 0 saturated carbocycles. The van der Waals surface area contributed by atoms with E-state index in [0.717, 1.165) is 16.7 Å². The molecule has 0 aliphatic carbocycles. The number of ether oxygens (including phenoxy) is 2. The summed E-state index contributed by atoms with van der Waals surface area (Å²) in [5.41, 5.74) is 1.02. The number of thioether (sulfide) groups is 1. The standard InChI is InChI=1S/C21H15BrClNO4S/c1-3-9-28-19-14(22)10-13(11-17(19)27-4-2)12-18-20(25)24(21(26)29-18)16-8-6-5-7-15(16)23/h1,5-8,10-12H,4,9H2,2H3/b18-12-. The molecule has 0 radical (unpaired) electrons. The van der Waals surface area contributed by atoms with Gasteiger partial charge in [0.25, 0.3) is 11.1 Å². The van der Waals surface area contributed by atoms with Gasteiger partial charge < -0.3 is 9.47 Å². The van der Waals surface area contributed by atoms with Crippen molar-refractivity contribution in [1.29, 1.82) is 0 Å². The second kappa shape index (κ2) is 9.40. The molecule has 1 heterocycles. The lowest BCUT2D eigenvalue weighted by Crippen LogP contribution is -2.27. The Morgan fingerprint density at radius 2 is 2.03 bits per heavy atom. The van der Waals surface area contributed by atoms with Crippen molar-refractivity contribution in [3.63, 3.8) is 0 Å². The Hall–Kier alpha value is -2.40. The van der Waals surface area contributed by atoms with Crippen LogP contribution in [-0.2, 0) is 4.79 Å². The Labute approximate surface area is 186 Å². The molecule has 29 heavy (non-hydrogen) atoms. The molecule has 0 bridgehead atoms. The first kappa shape index (κ1) is 21.3. The molecule has 1 fully saturated rings. The van der Waals surface area contributed by atoms with Crippen molar-refractivity contribution >= 4 is 62.2 Å². The number of carbonyl (C=O) groups excluding carboxylic acids is 2. The van der Waals surface area contributed by atoms with Gasteiger partial charge >= 0.3 is 0 Å². The highest BCUT2D eigenvalue weighted by Gasteiger charge is 2.37. The van der Waals surface area contributed by atoms with Crippen LogP contribution in [0.25, 0.3) is 6.08 Å². The molecule has 0 spiro atoms. The number of para-hydroxylation sites is 1. The maximum atomic E-state index is 12.8. The minimum Gasteiger partial charge on any atom is -0.490 e. The second-order valence-corrected chi connectivity index (χ2v) is 7.98. The van der Waals surface area contributed by atoms with Gasteiger partial charge in [0.2, 0.25) is 0 Å². The number of amides is 2. The molecule has 8 heteroatoms. The first-order valence-corrected chi connectivity index (χ1v) is 10.5. The van der Waals surface area contributed by atoms with Crippen LogP contribution in [0.2, 0.25) is 5.02 Å². The fourth-order valence-corrected chi connectivity index (χ4v) is 4.28. The third-order valence-corrected chi connectivity index (χ3v) is 5.59. The molecule has 0 aromatic heterocycles. The number of imide groups is 1. The molecule has 2 aromatic rings. The highest BCUT2D eigenvalue weighted by molar-refractivity contribution is 9.10. The van der Waals surface area contributed by atoms with Gasteiger partial charge in [0.05, 0.1) is 26.7 Å². The number of hydrogen-bond donors (Lipinski definition) is 0. The normalized spacial score (nSPS) is 15.0. The summed E-state index contributed by atoms with van der Waals surface area (Å²) in [4.78, 5) is 26.6. The predicted octanol–water partition coefficient (Wildman–Crippen LogP) is 5.75. The van der Waals surface area contributed by atoms with E-state index in [-0.39, 0.29) is 11.5 Å². The van der Waals surface area contributed by atoms with E-state index in [0.29, 0.717) is 38.9 Å². The van der Waals surface area contributed by atoms with Gasteiger partial charge in [0.1, 0.15) is 6.61 Å². The summed E-state index contributed by atoms with van der Waals surface area (Å²) in [5, 5.41) is -0.0835. The van der Waals surface area contributed by atoms with Crippen LogP contribution in [0.1, 0.15) is 12.5 Å². The smallest absolute Gasteiger partial charge is 0.298 e. The maximum absolute atomic E-state index is 12.8. The van der Waals surface area contributed by atoms with Crippen molar-refractivity contribution in [2.75, 3.05) is 18.1 Å². The van der Waals surface area contributed by atoms with Gasteiger partial charge in [0.15, 0.2) is 11.5 Å². The highest BCUT2D eigenvalue weighted by atomic mass is 79.9. The molecule has 148 valence electrons. The van der Waals surface area contributed by atoms with Gasteiger partial charge in [-0.1, -0.05) is 29.7 Å². The lowest BCUT2D eigenvalue weighted by atomic mass is 10.1. The van der Waals surface area contributed by atoms with E-state index in [9.17, 15) is 9.59 Å². The fourth-order valence-electron chi connectivity index (χ4n) is 2.65. The quantitative estimate of drug-likeness (QED) is 0.379. The zero-order chi connectivity index (χ0) is 21.0. The first-order valence-electron chi connectivity index (χ1n) is 8.51. The third-order valence-electron chi connectivity index (χ3n) is 3.82. The monoisotopic (exact) mass is 491 g/mol. The van der Waals surface area contributed by atoms with Crippen LogP contribution in [0.15, 0.2) is 45.8 Å². The maximum Gasteiger partial charge on any atom is 0.298 e. The Morgan fingerprint density at radius 3 is 2.72 bits per heavy atom. The number of hydrogen-bond acceptors (Lipinski definition) is 5. The average Bonchev–Trinajstić information content (AvgIpc) is 2.95. The second-order valence-electron chi connectivity index (χ2n) is 5.72. The summed E-state index contributed by atoms with van der Waals surface area (Å²) < 4.78 is 11.8. The van der Waals surface area contributed by atoms with Crippen LogP contribution in [0.5, 0.6) is 11.5 Å². The molecule has 5 nitrogen and oxygen atoms in total. The van der Waals surface area contributed by atoms with Gasteiger partial charge in [-0.15, -0.1) is 6.42 Å². The van der Waals surface area contributed by atoms with E-state index in [1.165, 1.54) is 0 Å². The van der Waals surface area contributed by atoms with E-state index >= 15 is 0 Å². The summed E-state index contributed by atoms with van der Waals surface area (Å²) in [6.45, 7) is 2.36. The van der Waals surface area contributed by atoms with Gasteiger partial charge in [0, 0.05) is 0 Å². The summed E-state index contributed by atoms with van der Waals surface area (Å²) in [6.07, 6.45) is 6.89. The van der Waals surface area contributed by atoms with E-state index in [4.69, 9.17) is 27.5 Å². The van der Waals surface area contributed by atoms with E-state index in [1.807, 2.05) is 6.92 Å². The van der Waals surface area contributed by atoms with Crippen LogP contribution < -0.4 is 14.4 Å². The molecule has 0 unspecified atom stereocenters. The minimum absolute atomic E-state index is 0.0920. The molecular formula is C21H15BrClNO4S. The van der Waals surface area contributed by atoms with E-state index in [1.54, 1.807) is 42.5 Å². The Bertz CT molecular complexity index is 1050. The van der Waals surface area contributed by atoms with Crippen LogP contribution in [0, 0.1) is 12.3 Å². The van der Waals surface area contributed by atoms with Gasteiger partial charge in [-0.3, -0.25) is 9.59 Å².